The van der Waals surface area contributed by atoms with Crippen LogP contribution in [0.15, 0.2) is 59.8 Å². The predicted octanol–water partition coefficient (Wildman–Crippen LogP) is 11.1. The minimum atomic E-state index is -1.99. The molecule has 6 atom stereocenters. The van der Waals surface area contributed by atoms with Crippen LogP contribution in [0.2, 0.25) is 36.3 Å². The van der Waals surface area contributed by atoms with Gasteiger partial charge in [0.2, 0.25) is 0 Å². The van der Waals surface area contributed by atoms with E-state index >= 15 is 0 Å². The number of carbonyl (C=O) groups is 1. The van der Waals surface area contributed by atoms with E-state index in [1.54, 1.807) is 11.6 Å². The van der Waals surface area contributed by atoms with Gasteiger partial charge in [-0.25, -0.2) is 4.79 Å². The summed E-state index contributed by atoms with van der Waals surface area (Å²) in [6, 6.07) is 0. The van der Waals surface area contributed by atoms with Gasteiger partial charge in [0, 0.05) is 12.5 Å². The third-order valence-corrected chi connectivity index (χ3v) is 21.4. The average Bonchev–Trinajstić information content (AvgIpc) is 3.27. The zero-order chi connectivity index (χ0) is 34.0. The first kappa shape index (κ1) is 38.0. The van der Waals surface area contributed by atoms with E-state index in [-0.39, 0.29) is 28.3 Å². The molecular formula is C39H66O4Si2. The molecule has 0 bridgehead atoms. The highest BCUT2D eigenvalue weighted by Crippen LogP contribution is 2.59. The van der Waals surface area contributed by atoms with Crippen LogP contribution in [0.5, 0.6) is 0 Å². The Hall–Kier alpha value is -1.48. The number of esters is 1. The lowest BCUT2D eigenvalue weighted by molar-refractivity contribution is -0.134. The molecule has 45 heavy (non-hydrogen) atoms. The lowest BCUT2D eigenvalue weighted by atomic mass is 9.61. The maximum Gasteiger partial charge on any atom is 0.330 e. The van der Waals surface area contributed by atoms with Crippen LogP contribution in [0.3, 0.4) is 0 Å². The summed E-state index contributed by atoms with van der Waals surface area (Å²) in [5.74, 6) is 1.40. The third-order valence-electron chi connectivity index (χ3n) is 12.4. The molecule has 0 saturated heterocycles. The first-order valence-corrected chi connectivity index (χ1v) is 23.3. The van der Waals surface area contributed by atoms with E-state index in [4.69, 9.17) is 13.6 Å². The van der Waals surface area contributed by atoms with Crippen LogP contribution >= 0.6 is 0 Å². The molecule has 0 aliphatic heterocycles. The number of hydrogen-bond acceptors (Lipinski definition) is 4. The summed E-state index contributed by atoms with van der Waals surface area (Å²) < 4.78 is 18.9. The van der Waals surface area contributed by atoms with Crippen LogP contribution in [0.1, 0.15) is 100 Å². The summed E-state index contributed by atoms with van der Waals surface area (Å²) in [6.45, 7) is 33.0. The number of ether oxygens (including phenoxy) is 1. The topological polar surface area (TPSA) is 44.8 Å². The van der Waals surface area contributed by atoms with Crippen molar-refractivity contribution in [3.63, 3.8) is 0 Å². The second-order valence-corrected chi connectivity index (χ2v) is 27.0. The van der Waals surface area contributed by atoms with Gasteiger partial charge in [0.1, 0.15) is 0 Å². The number of carbonyl (C=O) groups excluding carboxylic acids is 1. The Labute approximate surface area is 279 Å². The molecular weight excluding hydrogens is 589 g/mol. The van der Waals surface area contributed by atoms with Crippen LogP contribution < -0.4 is 0 Å². The Bertz CT molecular complexity index is 1190. The maximum atomic E-state index is 11.5. The lowest BCUT2D eigenvalue weighted by Crippen LogP contribution is -2.49. The Morgan fingerprint density at radius 1 is 0.978 bits per heavy atom. The molecule has 0 aromatic carbocycles. The highest BCUT2D eigenvalue weighted by molar-refractivity contribution is 6.74. The monoisotopic (exact) mass is 654 g/mol. The molecule has 3 rings (SSSR count). The van der Waals surface area contributed by atoms with Crippen LogP contribution in [0.25, 0.3) is 0 Å². The van der Waals surface area contributed by atoms with Gasteiger partial charge in [0.05, 0.1) is 19.3 Å². The van der Waals surface area contributed by atoms with Crippen molar-refractivity contribution < 1.29 is 18.4 Å². The fraction of sp³-hybridized carbons (Fsp3) is 0.718. The van der Waals surface area contributed by atoms with Crippen molar-refractivity contribution in [3.05, 3.63) is 59.8 Å². The van der Waals surface area contributed by atoms with Gasteiger partial charge in [0.25, 0.3) is 0 Å². The molecule has 3 fully saturated rings. The van der Waals surface area contributed by atoms with Crippen LogP contribution in [0.4, 0.5) is 0 Å². The summed E-state index contributed by atoms with van der Waals surface area (Å²) in [5, 5.41) is 0.306. The standard InChI is InChI=1S/C39H66O4Si2/c1-28(18-15-16-20-36(40)41-10)33-23-24-34-30(19-17-25-39(33,34)9)21-22-31-26-32(42-44(11,12)37(3,4)5)27-35(29(31)2)43-45(13,14)38(6,7)8/h15-16,18,20-22,28,32-35H,2,17,19,23-27H2,1,3-14H3/b18-15?,20-16?,30-21+,31-22+/t28-,32-,33-,34+,35+,39-/m1/s1. The molecule has 0 amide bonds. The Balaban J connectivity index is 1.88. The molecule has 3 aliphatic rings. The quantitative estimate of drug-likeness (QED) is 0.107. The number of hydrogen-bond donors (Lipinski definition) is 0. The fourth-order valence-electron chi connectivity index (χ4n) is 7.48. The van der Waals surface area contributed by atoms with Crippen molar-refractivity contribution in [1.82, 2.24) is 0 Å². The predicted molar refractivity (Wildman–Crippen MR) is 196 cm³/mol. The van der Waals surface area contributed by atoms with E-state index in [9.17, 15) is 4.79 Å². The minimum Gasteiger partial charge on any atom is -0.466 e. The summed E-state index contributed by atoms with van der Waals surface area (Å²) in [5.41, 5.74) is 4.39. The molecule has 0 spiro atoms. The van der Waals surface area contributed by atoms with Crippen molar-refractivity contribution >= 4 is 22.6 Å². The molecule has 254 valence electrons. The van der Waals surface area contributed by atoms with Crippen LogP contribution in [0, 0.1) is 23.2 Å². The largest absolute Gasteiger partial charge is 0.466 e. The molecule has 3 aliphatic carbocycles. The molecule has 0 N–H and O–H groups in total. The molecule has 0 radical (unpaired) electrons. The smallest absolute Gasteiger partial charge is 0.330 e. The number of rotatable bonds is 9. The highest BCUT2D eigenvalue weighted by Gasteiger charge is 2.50. The molecule has 4 nitrogen and oxygen atoms in total. The first-order valence-electron chi connectivity index (χ1n) is 17.5. The summed E-state index contributed by atoms with van der Waals surface area (Å²) >= 11 is 0. The van der Waals surface area contributed by atoms with Gasteiger partial charge >= 0.3 is 5.97 Å². The van der Waals surface area contributed by atoms with E-state index < -0.39 is 16.6 Å². The molecule has 0 unspecified atom stereocenters. The summed E-state index contributed by atoms with van der Waals surface area (Å²) in [7, 11) is -2.52. The van der Waals surface area contributed by atoms with E-state index in [1.165, 1.54) is 50.9 Å². The second-order valence-electron chi connectivity index (χ2n) is 17.5. The van der Waals surface area contributed by atoms with Crippen molar-refractivity contribution in [1.29, 1.82) is 0 Å². The SMILES string of the molecule is C=C1/C(=C/C=C2\CCC[C@]3(C)[C@@H]([C@H](C)C=CC=CC(=O)OC)CC[C@@H]23)C[C@@H](O[Si](C)(C)C(C)(C)C)C[C@@H]1O[Si](C)(C)C(C)(C)C. The van der Waals surface area contributed by atoms with Gasteiger partial charge in [-0.1, -0.05) is 97.9 Å². The molecule has 6 heteroatoms. The van der Waals surface area contributed by atoms with E-state index in [2.05, 4.69) is 106 Å². The van der Waals surface area contributed by atoms with Gasteiger partial charge < -0.3 is 13.6 Å². The normalized spacial score (nSPS) is 31.3. The van der Waals surface area contributed by atoms with Crippen LogP contribution in [-0.4, -0.2) is 41.9 Å². The zero-order valence-corrected chi connectivity index (χ0v) is 33.1. The fourth-order valence-corrected chi connectivity index (χ4v) is 10.2. The van der Waals surface area contributed by atoms with Gasteiger partial charge in [-0.05, 0) is 109 Å². The third kappa shape index (κ3) is 8.91. The molecule has 3 saturated carbocycles. The number of fused-ring (bicyclic) bond motifs is 1. The number of allylic oxidation sites excluding steroid dienone is 6. The van der Waals surface area contributed by atoms with Crippen molar-refractivity contribution in [3.8, 4) is 0 Å². The maximum absolute atomic E-state index is 11.5. The van der Waals surface area contributed by atoms with Crippen molar-refractivity contribution in [2.24, 2.45) is 23.2 Å². The van der Waals surface area contributed by atoms with Gasteiger partial charge in [-0.2, -0.15) is 0 Å². The summed E-state index contributed by atoms with van der Waals surface area (Å²) in [6.07, 6.45) is 20.6. The van der Waals surface area contributed by atoms with Gasteiger partial charge in [-0.15, -0.1) is 0 Å². The van der Waals surface area contributed by atoms with Gasteiger partial charge in [0.15, 0.2) is 16.6 Å². The van der Waals surface area contributed by atoms with Crippen molar-refractivity contribution in [2.75, 3.05) is 7.11 Å². The van der Waals surface area contributed by atoms with Crippen LogP contribution in [-0.2, 0) is 18.4 Å². The highest BCUT2D eigenvalue weighted by atomic mass is 28.4. The Morgan fingerprint density at radius 3 is 2.20 bits per heavy atom. The Kier molecular flexibility index (Phi) is 12.1. The summed E-state index contributed by atoms with van der Waals surface area (Å²) in [4.78, 5) is 11.5. The zero-order valence-electron chi connectivity index (χ0n) is 31.1. The van der Waals surface area contributed by atoms with Gasteiger partial charge in [-0.3, -0.25) is 0 Å². The Morgan fingerprint density at radius 2 is 1.60 bits per heavy atom. The first-order chi connectivity index (χ1) is 20.6. The molecule has 0 aromatic heterocycles. The minimum absolute atomic E-state index is 0.00686. The average molecular weight is 655 g/mol. The van der Waals surface area contributed by atoms with Crippen molar-refractivity contribution in [2.45, 2.75) is 149 Å². The molecule has 0 aromatic rings. The lowest BCUT2D eigenvalue weighted by Gasteiger charge is -2.45. The number of methoxy groups -OCH3 is 1. The molecule has 0 heterocycles. The second kappa shape index (κ2) is 14.3. The van der Waals surface area contributed by atoms with E-state index in [0.29, 0.717) is 23.2 Å². The van der Waals surface area contributed by atoms with E-state index in [1.807, 2.05) is 6.08 Å². The van der Waals surface area contributed by atoms with E-state index in [0.717, 1.165) is 18.4 Å².